The van der Waals surface area contributed by atoms with Gasteiger partial charge in [0.1, 0.15) is 0 Å². The molecule has 100 valence electrons. The maximum absolute atomic E-state index is 11.2. The van der Waals surface area contributed by atoms with Crippen molar-refractivity contribution in [1.29, 1.82) is 0 Å². The highest BCUT2D eigenvalue weighted by Crippen LogP contribution is 2.23. The van der Waals surface area contributed by atoms with Gasteiger partial charge in [0.05, 0.1) is 5.41 Å². The normalized spacial score (nSPS) is 14.5. The Bertz CT molecular complexity index is 422. The lowest BCUT2D eigenvalue weighted by Gasteiger charge is -2.29. The smallest absolute Gasteiger partial charge is 0.310 e. The Kier molecular flexibility index (Phi) is 5.17. The third kappa shape index (κ3) is 4.00. The lowest BCUT2D eigenvalue weighted by molar-refractivity contribution is -0.149. The summed E-state index contributed by atoms with van der Waals surface area (Å²) in [7, 11) is 1.93. The van der Waals surface area contributed by atoms with Gasteiger partial charge in [0.2, 0.25) is 0 Å². The molecule has 0 radical (unpaired) electrons. The summed E-state index contributed by atoms with van der Waals surface area (Å²) < 4.78 is 0. The fourth-order valence-corrected chi connectivity index (χ4v) is 2.14. The first kappa shape index (κ1) is 15.0. The summed E-state index contributed by atoms with van der Waals surface area (Å²) >= 11 is 5.93. The van der Waals surface area contributed by atoms with Gasteiger partial charge in [0.25, 0.3) is 0 Å². The van der Waals surface area contributed by atoms with Crippen molar-refractivity contribution in [2.24, 2.45) is 5.41 Å². The van der Waals surface area contributed by atoms with Crippen molar-refractivity contribution in [2.75, 3.05) is 13.6 Å². The van der Waals surface area contributed by atoms with E-state index in [-0.39, 0.29) is 0 Å². The summed E-state index contributed by atoms with van der Waals surface area (Å²) in [6, 6.07) is 7.63. The van der Waals surface area contributed by atoms with Crippen LogP contribution < -0.4 is 0 Å². The largest absolute Gasteiger partial charge is 0.481 e. The van der Waals surface area contributed by atoms with E-state index >= 15 is 0 Å². The number of hydrogen-bond acceptors (Lipinski definition) is 2. The van der Waals surface area contributed by atoms with Crippen molar-refractivity contribution in [3.63, 3.8) is 0 Å². The van der Waals surface area contributed by atoms with Gasteiger partial charge in [-0.15, -0.1) is 0 Å². The zero-order valence-corrected chi connectivity index (χ0v) is 11.9. The van der Waals surface area contributed by atoms with Crippen LogP contribution in [0.25, 0.3) is 0 Å². The maximum Gasteiger partial charge on any atom is 0.310 e. The highest BCUT2D eigenvalue weighted by Gasteiger charge is 2.32. The zero-order chi connectivity index (χ0) is 13.8. The molecule has 0 aliphatic carbocycles. The second kappa shape index (κ2) is 6.21. The summed E-state index contributed by atoms with van der Waals surface area (Å²) in [6.07, 6.45) is 0.613. The second-order valence-corrected chi connectivity index (χ2v) is 5.46. The molecule has 0 spiro atoms. The summed E-state index contributed by atoms with van der Waals surface area (Å²) in [5.41, 5.74) is 0.390. The fraction of sp³-hybridized carbons (Fsp3) is 0.500. The van der Waals surface area contributed by atoms with E-state index in [2.05, 4.69) is 0 Å². The molecule has 0 amide bonds. The molecule has 0 aromatic heterocycles. The molecule has 0 bridgehead atoms. The summed E-state index contributed by atoms with van der Waals surface area (Å²) in [5.74, 6) is -0.747. The molecule has 0 aliphatic heterocycles. The topological polar surface area (TPSA) is 40.5 Å². The van der Waals surface area contributed by atoms with Gasteiger partial charge in [-0.1, -0.05) is 30.7 Å². The Labute approximate surface area is 113 Å². The second-order valence-electron chi connectivity index (χ2n) is 5.02. The fourth-order valence-electron chi connectivity index (χ4n) is 1.93. The van der Waals surface area contributed by atoms with E-state index in [4.69, 9.17) is 11.6 Å². The zero-order valence-electron chi connectivity index (χ0n) is 11.1. The Balaban J connectivity index is 2.66. The monoisotopic (exact) mass is 269 g/mol. The standard InChI is InChI=1S/C14H20ClNO2/c1-4-14(2,13(17)18)10-16(3)9-11-6-5-7-12(15)8-11/h5-8H,4,9-10H2,1-3H3,(H,17,18). The number of nitrogens with zero attached hydrogens (tertiary/aromatic N) is 1. The van der Waals surface area contributed by atoms with Crippen molar-refractivity contribution < 1.29 is 9.90 Å². The predicted octanol–water partition coefficient (Wildman–Crippen LogP) is 3.27. The molecule has 1 atom stereocenters. The molecule has 1 aromatic rings. The summed E-state index contributed by atoms with van der Waals surface area (Å²) in [6.45, 7) is 4.90. The first-order chi connectivity index (χ1) is 8.37. The molecule has 1 N–H and O–H groups in total. The van der Waals surface area contributed by atoms with E-state index in [0.29, 0.717) is 24.5 Å². The minimum atomic E-state index is -0.747. The lowest BCUT2D eigenvalue weighted by atomic mass is 9.87. The van der Waals surface area contributed by atoms with Gasteiger partial charge in [-0.2, -0.15) is 0 Å². The van der Waals surface area contributed by atoms with Gasteiger partial charge >= 0.3 is 5.97 Å². The number of carbonyl (C=O) groups is 1. The van der Waals surface area contributed by atoms with Crippen LogP contribution in [0.2, 0.25) is 5.02 Å². The SMILES string of the molecule is CCC(C)(CN(C)Cc1cccc(Cl)c1)C(=O)O. The predicted molar refractivity (Wildman–Crippen MR) is 73.8 cm³/mol. The van der Waals surface area contributed by atoms with Crippen LogP contribution in [0.1, 0.15) is 25.8 Å². The van der Waals surface area contributed by atoms with Crippen LogP contribution in [0, 0.1) is 5.41 Å². The van der Waals surface area contributed by atoms with Crippen LogP contribution in [0.4, 0.5) is 0 Å². The third-order valence-electron chi connectivity index (χ3n) is 3.26. The van der Waals surface area contributed by atoms with Gasteiger partial charge in [0.15, 0.2) is 0 Å². The first-order valence-corrected chi connectivity index (χ1v) is 6.41. The Morgan fingerprint density at radius 3 is 2.67 bits per heavy atom. The maximum atomic E-state index is 11.2. The minimum Gasteiger partial charge on any atom is -0.481 e. The van der Waals surface area contributed by atoms with Crippen molar-refractivity contribution in [3.05, 3.63) is 34.9 Å². The molecule has 0 saturated carbocycles. The van der Waals surface area contributed by atoms with Crippen LogP contribution >= 0.6 is 11.6 Å². The molecular formula is C14H20ClNO2. The van der Waals surface area contributed by atoms with E-state index in [1.807, 2.05) is 43.1 Å². The lowest BCUT2D eigenvalue weighted by Crippen LogP contribution is -2.38. The first-order valence-electron chi connectivity index (χ1n) is 6.04. The Morgan fingerprint density at radius 2 is 2.17 bits per heavy atom. The number of carboxylic acids is 1. The Hall–Kier alpha value is -1.06. The highest BCUT2D eigenvalue weighted by molar-refractivity contribution is 6.30. The van der Waals surface area contributed by atoms with Crippen LogP contribution in [0.3, 0.4) is 0 Å². The molecule has 18 heavy (non-hydrogen) atoms. The highest BCUT2D eigenvalue weighted by atomic mass is 35.5. The van der Waals surface area contributed by atoms with E-state index in [1.54, 1.807) is 6.92 Å². The molecule has 4 heteroatoms. The Morgan fingerprint density at radius 1 is 1.50 bits per heavy atom. The molecule has 1 rings (SSSR count). The molecule has 1 unspecified atom stereocenters. The average Bonchev–Trinajstić information content (AvgIpc) is 2.28. The molecule has 0 heterocycles. The van der Waals surface area contributed by atoms with Crippen LogP contribution in [-0.2, 0) is 11.3 Å². The van der Waals surface area contributed by atoms with E-state index in [1.165, 1.54) is 0 Å². The quantitative estimate of drug-likeness (QED) is 0.862. The summed E-state index contributed by atoms with van der Waals surface area (Å²) in [5, 5.41) is 9.95. The minimum absolute atomic E-state index is 0.519. The van der Waals surface area contributed by atoms with Crippen LogP contribution in [0.15, 0.2) is 24.3 Å². The number of halogens is 1. The molecule has 0 saturated heterocycles. The molecule has 3 nitrogen and oxygen atoms in total. The number of hydrogen-bond donors (Lipinski definition) is 1. The number of rotatable bonds is 6. The van der Waals surface area contributed by atoms with Crippen molar-refractivity contribution >= 4 is 17.6 Å². The van der Waals surface area contributed by atoms with Crippen molar-refractivity contribution in [2.45, 2.75) is 26.8 Å². The van der Waals surface area contributed by atoms with Crippen molar-refractivity contribution in [1.82, 2.24) is 4.90 Å². The van der Waals surface area contributed by atoms with Gasteiger partial charge in [-0.05, 0) is 38.1 Å². The number of benzene rings is 1. The molecule has 1 aromatic carbocycles. The summed E-state index contributed by atoms with van der Waals surface area (Å²) in [4.78, 5) is 13.3. The molecule has 0 aliphatic rings. The molecular weight excluding hydrogens is 250 g/mol. The van der Waals surface area contributed by atoms with E-state index in [0.717, 1.165) is 5.56 Å². The van der Waals surface area contributed by atoms with E-state index in [9.17, 15) is 9.90 Å². The number of aliphatic carboxylic acids is 1. The van der Waals surface area contributed by atoms with Gasteiger partial charge in [-0.25, -0.2) is 0 Å². The van der Waals surface area contributed by atoms with E-state index < -0.39 is 11.4 Å². The van der Waals surface area contributed by atoms with Crippen molar-refractivity contribution in [3.8, 4) is 0 Å². The van der Waals surface area contributed by atoms with Crippen LogP contribution in [0.5, 0.6) is 0 Å². The van der Waals surface area contributed by atoms with Gasteiger partial charge < -0.3 is 10.0 Å². The average molecular weight is 270 g/mol. The molecule has 0 fully saturated rings. The third-order valence-corrected chi connectivity index (χ3v) is 3.49. The van der Waals surface area contributed by atoms with Gasteiger partial charge in [-0.3, -0.25) is 4.79 Å². The number of carboxylic acid groups (broad SMARTS) is 1. The van der Waals surface area contributed by atoms with Gasteiger partial charge in [0, 0.05) is 18.1 Å². The van der Waals surface area contributed by atoms with Crippen LogP contribution in [-0.4, -0.2) is 29.6 Å².